The van der Waals surface area contributed by atoms with Gasteiger partial charge in [-0.05, 0) is 59.9 Å². The Labute approximate surface area is 180 Å². The van der Waals surface area contributed by atoms with Gasteiger partial charge in [0.25, 0.3) is 0 Å². The molecule has 0 aliphatic heterocycles. The van der Waals surface area contributed by atoms with Gasteiger partial charge in [-0.2, -0.15) is 0 Å². The van der Waals surface area contributed by atoms with Crippen LogP contribution in [0.4, 0.5) is 0 Å². The van der Waals surface area contributed by atoms with Gasteiger partial charge in [-0.1, -0.05) is 40.7 Å². The average molecular weight is 423 g/mol. The second-order valence-corrected chi connectivity index (χ2v) is 11.3. The first-order valence-electron chi connectivity index (χ1n) is 10.2. The van der Waals surface area contributed by atoms with Crippen molar-refractivity contribution < 1.29 is 8.42 Å². The lowest BCUT2D eigenvalue weighted by molar-refractivity contribution is 0.569. The number of pyridine rings is 2. The quantitative estimate of drug-likeness (QED) is 0.518. The summed E-state index contributed by atoms with van der Waals surface area (Å²) < 4.78 is 25.2. The first-order valence-corrected chi connectivity index (χ1v) is 11.9. The molecule has 2 heterocycles. The molecule has 0 N–H and O–H groups in total. The van der Waals surface area contributed by atoms with Crippen LogP contribution in [0.3, 0.4) is 0 Å². The van der Waals surface area contributed by atoms with Gasteiger partial charge in [0.1, 0.15) is 0 Å². The predicted octanol–water partition coefficient (Wildman–Crippen LogP) is 5.85. The second-order valence-electron chi connectivity index (χ2n) is 9.29. The number of aryl methyl sites for hydroxylation is 1. The molecule has 3 aromatic rings. The van der Waals surface area contributed by atoms with Gasteiger partial charge in [-0.25, -0.2) is 8.42 Å². The Morgan fingerprint density at radius 3 is 2.27 bits per heavy atom. The largest absolute Gasteiger partial charge is 0.263 e. The molecule has 0 saturated heterocycles. The molecule has 0 fully saturated rings. The van der Waals surface area contributed by atoms with Crippen LogP contribution in [-0.4, -0.2) is 24.1 Å². The maximum absolute atomic E-state index is 12.6. The lowest BCUT2D eigenvalue weighted by Gasteiger charge is -2.18. The van der Waals surface area contributed by atoms with Crippen molar-refractivity contribution in [1.29, 1.82) is 0 Å². The van der Waals surface area contributed by atoms with Crippen molar-refractivity contribution in [3.63, 3.8) is 0 Å². The Morgan fingerprint density at radius 2 is 1.63 bits per heavy atom. The van der Waals surface area contributed by atoms with E-state index in [4.69, 9.17) is 0 Å². The fourth-order valence-corrected chi connectivity index (χ4v) is 5.16. The van der Waals surface area contributed by atoms with E-state index >= 15 is 0 Å². The topological polar surface area (TPSA) is 59.9 Å². The van der Waals surface area contributed by atoms with E-state index in [0.717, 1.165) is 33.5 Å². The maximum Gasteiger partial charge on any atom is 0.178 e. The van der Waals surface area contributed by atoms with Crippen LogP contribution in [0.25, 0.3) is 22.3 Å². The molecular formula is C25H30N2O2S. The van der Waals surface area contributed by atoms with Crippen LogP contribution >= 0.6 is 0 Å². The number of sulfone groups is 1. The summed E-state index contributed by atoms with van der Waals surface area (Å²) in [5.41, 5.74) is 5.94. The molecule has 0 aliphatic rings. The normalized spacial score (nSPS) is 12.4. The van der Waals surface area contributed by atoms with Crippen molar-refractivity contribution in [3.05, 3.63) is 66.2 Å². The van der Waals surface area contributed by atoms with Crippen molar-refractivity contribution in [2.45, 2.75) is 51.9 Å². The monoisotopic (exact) mass is 422 g/mol. The van der Waals surface area contributed by atoms with Gasteiger partial charge in [-0.15, -0.1) is 0 Å². The molecule has 1 aromatic carbocycles. The Hall–Kier alpha value is -2.53. The number of hydrogen-bond donors (Lipinski definition) is 0. The van der Waals surface area contributed by atoms with E-state index in [1.54, 1.807) is 12.1 Å². The summed E-state index contributed by atoms with van der Waals surface area (Å²) >= 11 is 0. The van der Waals surface area contributed by atoms with E-state index in [9.17, 15) is 8.42 Å². The molecule has 4 nitrogen and oxygen atoms in total. The summed E-state index contributed by atoms with van der Waals surface area (Å²) in [5, 5.41) is 0. The van der Waals surface area contributed by atoms with Crippen LogP contribution in [0.2, 0.25) is 0 Å². The van der Waals surface area contributed by atoms with Crippen LogP contribution in [0.15, 0.2) is 59.9 Å². The standard InChI is InChI=1S/C25H30N2O2S/c1-17(2)16-30(28,29)22-7-8-23(18(3)11-22)21-12-20(14-26-15-21)19-9-10-27-24(13-19)25(4,5)6/h7-15,17H,16H2,1-6H3. The first kappa shape index (κ1) is 22.2. The maximum atomic E-state index is 12.6. The van der Waals surface area contributed by atoms with Crippen LogP contribution in [0.5, 0.6) is 0 Å². The minimum absolute atomic E-state index is 0.0328. The van der Waals surface area contributed by atoms with E-state index in [1.807, 2.05) is 51.5 Å². The minimum Gasteiger partial charge on any atom is -0.263 e. The van der Waals surface area contributed by atoms with Crippen LogP contribution in [-0.2, 0) is 15.3 Å². The average Bonchev–Trinajstić information content (AvgIpc) is 2.66. The number of aromatic nitrogens is 2. The van der Waals surface area contributed by atoms with Crippen molar-refractivity contribution in [1.82, 2.24) is 9.97 Å². The van der Waals surface area contributed by atoms with Gasteiger partial charge in [0.2, 0.25) is 0 Å². The molecule has 0 spiro atoms. The molecule has 0 saturated carbocycles. The minimum atomic E-state index is -3.27. The van der Waals surface area contributed by atoms with Gasteiger partial charge in [-0.3, -0.25) is 9.97 Å². The SMILES string of the molecule is Cc1cc(S(=O)(=O)CC(C)C)ccc1-c1cncc(-c2ccnc(C(C)(C)C)c2)c1. The molecule has 30 heavy (non-hydrogen) atoms. The van der Waals surface area contributed by atoms with Crippen molar-refractivity contribution in [2.75, 3.05) is 5.75 Å². The van der Waals surface area contributed by atoms with Gasteiger partial charge < -0.3 is 0 Å². The summed E-state index contributed by atoms with van der Waals surface area (Å²) in [4.78, 5) is 9.33. The summed E-state index contributed by atoms with van der Waals surface area (Å²) in [5.74, 6) is 0.246. The molecule has 0 aliphatic carbocycles. The smallest absolute Gasteiger partial charge is 0.178 e. The highest BCUT2D eigenvalue weighted by atomic mass is 32.2. The van der Waals surface area contributed by atoms with E-state index in [2.05, 4.69) is 42.9 Å². The van der Waals surface area contributed by atoms with E-state index in [-0.39, 0.29) is 17.1 Å². The van der Waals surface area contributed by atoms with E-state index < -0.39 is 9.84 Å². The fourth-order valence-electron chi connectivity index (χ4n) is 3.45. The molecule has 0 bridgehead atoms. The Kier molecular flexibility index (Phi) is 6.14. The molecule has 5 heteroatoms. The molecule has 2 aromatic heterocycles. The first-order chi connectivity index (χ1) is 14.0. The second kappa shape index (κ2) is 8.31. The molecule has 0 unspecified atom stereocenters. The zero-order valence-corrected chi connectivity index (χ0v) is 19.4. The molecule has 0 radical (unpaired) electrons. The van der Waals surface area contributed by atoms with Crippen LogP contribution < -0.4 is 0 Å². The lowest BCUT2D eigenvalue weighted by Crippen LogP contribution is -2.13. The van der Waals surface area contributed by atoms with Crippen molar-refractivity contribution in [2.24, 2.45) is 5.92 Å². The summed E-state index contributed by atoms with van der Waals surface area (Å²) in [6, 6.07) is 11.6. The summed E-state index contributed by atoms with van der Waals surface area (Å²) in [7, 11) is -3.27. The van der Waals surface area contributed by atoms with E-state index in [0.29, 0.717) is 4.90 Å². The van der Waals surface area contributed by atoms with Gasteiger partial charge in [0.15, 0.2) is 9.84 Å². The molecule has 158 valence electrons. The van der Waals surface area contributed by atoms with Crippen LogP contribution in [0.1, 0.15) is 45.9 Å². The highest BCUT2D eigenvalue weighted by Gasteiger charge is 2.18. The van der Waals surface area contributed by atoms with Gasteiger partial charge in [0.05, 0.1) is 10.6 Å². The number of hydrogen-bond acceptors (Lipinski definition) is 4. The highest BCUT2D eigenvalue weighted by Crippen LogP contribution is 2.31. The number of nitrogens with zero attached hydrogens (tertiary/aromatic N) is 2. The zero-order valence-electron chi connectivity index (χ0n) is 18.6. The van der Waals surface area contributed by atoms with Crippen LogP contribution in [0, 0.1) is 12.8 Å². The Morgan fingerprint density at radius 1 is 0.933 bits per heavy atom. The molecule has 3 rings (SSSR count). The molecular weight excluding hydrogens is 392 g/mol. The van der Waals surface area contributed by atoms with Gasteiger partial charge >= 0.3 is 0 Å². The van der Waals surface area contributed by atoms with Gasteiger partial charge in [0, 0.05) is 40.8 Å². The van der Waals surface area contributed by atoms with Crippen molar-refractivity contribution in [3.8, 4) is 22.3 Å². The molecule has 0 amide bonds. The fraction of sp³-hybridized carbons (Fsp3) is 0.360. The lowest BCUT2D eigenvalue weighted by atomic mass is 9.90. The summed E-state index contributed by atoms with van der Waals surface area (Å²) in [6.07, 6.45) is 5.50. The third-order valence-corrected chi connectivity index (χ3v) is 7.10. The Bertz CT molecular complexity index is 1160. The number of benzene rings is 1. The number of rotatable bonds is 5. The molecule has 0 atom stereocenters. The summed E-state index contributed by atoms with van der Waals surface area (Å²) in [6.45, 7) is 12.2. The highest BCUT2D eigenvalue weighted by molar-refractivity contribution is 7.91. The van der Waals surface area contributed by atoms with E-state index in [1.165, 1.54) is 0 Å². The van der Waals surface area contributed by atoms with Crippen molar-refractivity contribution >= 4 is 9.84 Å². The third kappa shape index (κ3) is 4.96. The third-order valence-electron chi connectivity index (χ3n) is 5.02. The zero-order chi connectivity index (χ0) is 22.1. The Balaban J connectivity index is 1.99. The predicted molar refractivity (Wildman–Crippen MR) is 123 cm³/mol.